The van der Waals surface area contributed by atoms with Crippen LogP contribution in [0.25, 0.3) is 10.4 Å². The van der Waals surface area contributed by atoms with Crippen LogP contribution in [-0.4, -0.2) is 4.98 Å². The van der Waals surface area contributed by atoms with Crippen molar-refractivity contribution in [2.45, 2.75) is 0 Å². The number of nitrogens with one attached hydrogen (secondary N) is 1. The number of aromatic nitrogens is 1. The SMILES string of the molecule is Fc1cc(-c2cnc(Nc3ccccc3)s2)c(Cl)cc1Cl. The molecule has 0 amide bonds. The van der Waals surface area contributed by atoms with Gasteiger partial charge in [-0.3, -0.25) is 0 Å². The summed E-state index contributed by atoms with van der Waals surface area (Å²) in [5, 5.41) is 4.30. The van der Waals surface area contributed by atoms with Crippen LogP contribution in [0.4, 0.5) is 15.2 Å². The Bertz CT molecular complexity index is 775. The standard InChI is InChI=1S/C15H9Cl2FN2S/c16-11-7-12(17)13(18)6-10(11)14-8-19-15(21-14)20-9-4-2-1-3-5-9/h1-8H,(H,19,20). The first-order valence-corrected chi connectivity index (χ1v) is 7.63. The average molecular weight is 339 g/mol. The lowest BCUT2D eigenvalue weighted by Crippen LogP contribution is -1.87. The summed E-state index contributed by atoms with van der Waals surface area (Å²) in [7, 11) is 0. The number of thiazole rings is 1. The molecular formula is C15H9Cl2FN2S. The molecule has 2 nitrogen and oxygen atoms in total. The predicted octanol–water partition coefficient (Wildman–Crippen LogP) is 6.00. The number of para-hydroxylation sites is 1. The van der Waals surface area contributed by atoms with Gasteiger partial charge < -0.3 is 5.32 Å². The van der Waals surface area contributed by atoms with E-state index in [2.05, 4.69) is 10.3 Å². The molecular weight excluding hydrogens is 330 g/mol. The maximum Gasteiger partial charge on any atom is 0.187 e. The third-order valence-electron chi connectivity index (χ3n) is 2.81. The normalized spacial score (nSPS) is 10.6. The first-order chi connectivity index (χ1) is 10.1. The summed E-state index contributed by atoms with van der Waals surface area (Å²) < 4.78 is 13.6. The lowest BCUT2D eigenvalue weighted by molar-refractivity contribution is 0.629. The number of anilines is 2. The predicted molar refractivity (Wildman–Crippen MR) is 87.3 cm³/mol. The molecule has 0 aliphatic carbocycles. The quantitative estimate of drug-likeness (QED) is 0.592. The molecule has 1 heterocycles. The summed E-state index contributed by atoms with van der Waals surface area (Å²) in [5.74, 6) is -0.498. The third-order valence-corrected chi connectivity index (χ3v) is 4.35. The number of rotatable bonds is 3. The van der Waals surface area contributed by atoms with Crippen LogP contribution in [0.3, 0.4) is 0 Å². The summed E-state index contributed by atoms with van der Waals surface area (Å²) in [5.41, 5.74) is 1.52. The van der Waals surface area contributed by atoms with Gasteiger partial charge in [-0.25, -0.2) is 9.37 Å². The zero-order valence-corrected chi connectivity index (χ0v) is 12.9. The Morgan fingerprint density at radius 2 is 1.81 bits per heavy atom. The first-order valence-electron chi connectivity index (χ1n) is 6.06. The van der Waals surface area contributed by atoms with Crippen molar-refractivity contribution >= 4 is 45.4 Å². The summed E-state index contributed by atoms with van der Waals surface area (Å²) >= 11 is 13.2. The number of nitrogens with zero attached hydrogens (tertiary/aromatic N) is 1. The van der Waals surface area contributed by atoms with Crippen LogP contribution in [0.1, 0.15) is 0 Å². The van der Waals surface area contributed by atoms with E-state index in [4.69, 9.17) is 23.2 Å². The van der Waals surface area contributed by atoms with Crippen molar-refractivity contribution in [2.75, 3.05) is 5.32 Å². The molecule has 21 heavy (non-hydrogen) atoms. The highest BCUT2D eigenvalue weighted by Gasteiger charge is 2.12. The van der Waals surface area contributed by atoms with E-state index in [1.54, 1.807) is 6.20 Å². The molecule has 0 spiro atoms. The molecule has 0 aliphatic heterocycles. The summed E-state index contributed by atoms with van der Waals surface area (Å²) in [6.45, 7) is 0. The van der Waals surface area contributed by atoms with Crippen LogP contribution in [0.2, 0.25) is 10.0 Å². The Morgan fingerprint density at radius 3 is 2.57 bits per heavy atom. The molecule has 0 aliphatic rings. The monoisotopic (exact) mass is 338 g/mol. The molecule has 0 saturated heterocycles. The summed E-state index contributed by atoms with van der Waals surface area (Å²) in [4.78, 5) is 5.05. The van der Waals surface area contributed by atoms with Gasteiger partial charge in [0.25, 0.3) is 0 Å². The number of hydrogen-bond donors (Lipinski definition) is 1. The number of halogens is 3. The van der Waals surface area contributed by atoms with Gasteiger partial charge in [0.1, 0.15) is 5.82 Å². The highest BCUT2D eigenvalue weighted by molar-refractivity contribution is 7.19. The van der Waals surface area contributed by atoms with Crippen LogP contribution in [0.5, 0.6) is 0 Å². The van der Waals surface area contributed by atoms with Crippen molar-refractivity contribution in [2.24, 2.45) is 0 Å². The lowest BCUT2D eigenvalue weighted by Gasteiger charge is -2.03. The third kappa shape index (κ3) is 3.18. The van der Waals surface area contributed by atoms with E-state index in [9.17, 15) is 4.39 Å². The van der Waals surface area contributed by atoms with Crippen molar-refractivity contribution in [3.05, 3.63) is 64.5 Å². The molecule has 0 bridgehead atoms. The molecule has 0 radical (unpaired) electrons. The van der Waals surface area contributed by atoms with Crippen LogP contribution in [-0.2, 0) is 0 Å². The Kier molecular flexibility index (Phi) is 4.10. The Balaban J connectivity index is 1.90. The van der Waals surface area contributed by atoms with Gasteiger partial charge in [-0.15, -0.1) is 0 Å². The summed E-state index contributed by atoms with van der Waals surface area (Å²) in [6, 6.07) is 12.4. The Morgan fingerprint density at radius 1 is 1.05 bits per heavy atom. The van der Waals surface area contributed by atoms with Crippen molar-refractivity contribution in [3.63, 3.8) is 0 Å². The molecule has 106 valence electrons. The molecule has 0 fully saturated rings. The molecule has 1 aromatic heterocycles. The van der Waals surface area contributed by atoms with Gasteiger partial charge in [-0.05, 0) is 24.3 Å². The van der Waals surface area contributed by atoms with E-state index in [1.807, 2.05) is 30.3 Å². The molecule has 2 aromatic carbocycles. The van der Waals surface area contributed by atoms with Crippen molar-refractivity contribution in [1.82, 2.24) is 4.98 Å². The fourth-order valence-electron chi connectivity index (χ4n) is 1.81. The van der Waals surface area contributed by atoms with Gasteiger partial charge in [-0.1, -0.05) is 52.7 Å². The molecule has 3 aromatic rings. The fraction of sp³-hybridized carbons (Fsp3) is 0. The van der Waals surface area contributed by atoms with Crippen molar-refractivity contribution < 1.29 is 4.39 Å². The van der Waals surface area contributed by atoms with Crippen LogP contribution < -0.4 is 5.32 Å². The zero-order chi connectivity index (χ0) is 14.8. The molecule has 0 atom stereocenters. The second-order valence-corrected chi connectivity index (χ2v) is 6.11. The second kappa shape index (κ2) is 6.02. The Hall–Kier alpha value is -1.62. The van der Waals surface area contributed by atoms with E-state index in [0.717, 1.165) is 10.6 Å². The first kappa shape index (κ1) is 14.3. The Labute approximate surface area is 135 Å². The average Bonchev–Trinajstić information content (AvgIpc) is 2.92. The van der Waals surface area contributed by atoms with Crippen LogP contribution >= 0.6 is 34.5 Å². The van der Waals surface area contributed by atoms with E-state index >= 15 is 0 Å². The van der Waals surface area contributed by atoms with Gasteiger partial charge in [-0.2, -0.15) is 0 Å². The van der Waals surface area contributed by atoms with Gasteiger partial charge in [0.15, 0.2) is 5.13 Å². The maximum atomic E-state index is 13.6. The minimum Gasteiger partial charge on any atom is -0.332 e. The number of hydrogen-bond acceptors (Lipinski definition) is 3. The van der Waals surface area contributed by atoms with E-state index in [1.165, 1.54) is 23.5 Å². The van der Waals surface area contributed by atoms with Crippen molar-refractivity contribution in [3.8, 4) is 10.4 Å². The summed E-state index contributed by atoms with van der Waals surface area (Å²) in [6.07, 6.45) is 1.66. The molecule has 1 N–H and O–H groups in total. The number of benzene rings is 2. The molecule has 6 heteroatoms. The minimum atomic E-state index is -0.498. The highest BCUT2D eigenvalue weighted by Crippen LogP contribution is 2.37. The largest absolute Gasteiger partial charge is 0.332 e. The van der Waals surface area contributed by atoms with E-state index in [-0.39, 0.29) is 5.02 Å². The fourth-order valence-corrected chi connectivity index (χ4v) is 3.22. The maximum absolute atomic E-state index is 13.6. The van der Waals surface area contributed by atoms with Crippen LogP contribution in [0.15, 0.2) is 48.7 Å². The smallest absolute Gasteiger partial charge is 0.187 e. The van der Waals surface area contributed by atoms with Gasteiger partial charge >= 0.3 is 0 Å². The zero-order valence-electron chi connectivity index (χ0n) is 10.6. The van der Waals surface area contributed by atoms with Gasteiger partial charge in [0, 0.05) is 17.4 Å². The van der Waals surface area contributed by atoms with Crippen LogP contribution in [0, 0.1) is 5.82 Å². The highest BCUT2D eigenvalue weighted by atomic mass is 35.5. The van der Waals surface area contributed by atoms with E-state index in [0.29, 0.717) is 15.7 Å². The molecule has 3 rings (SSSR count). The van der Waals surface area contributed by atoms with E-state index < -0.39 is 5.82 Å². The van der Waals surface area contributed by atoms with Crippen molar-refractivity contribution in [1.29, 1.82) is 0 Å². The minimum absolute atomic E-state index is 0.0101. The van der Waals surface area contributed by atoms with Gasteiger partial charge in [0.05, 0.1) is 14.9 Å². The van der Waals surface area contributed by atoms with Gasteiger partial charge in [0.2, 0.25) is 0 Å². The second-order valence-electron chi connectivity index (χ2n) is 4.27. The lowest BCUT2D eigenvalue weighted by atomic mass is 10.2. The molecule has 0 unspecified atom stereocenters. The molecule has 0 saturated carbocycles. The topological polar surface area (TPSA) is 24.9 Å².